The minimum absolute atomic E-state index is 0.410. The summed E-state index contributed by atoms with van der Waals surface area (Å²) < 4.78 is 0. The van der Waals surface area contributed by atoms with Gasteiger partial charge in [-0.15, -0.1) is 0 Å². The molecule has 0 aliphatic carbocycles. The van der Waals surface area contributed by atoms with E-state index in [1.807, 2.05) is 24.3 Å². The quantitative estimate of drug-likeness (QED) is 0.784. The molecule has 1 aromatic carbocycles. The van der Waals surface area contributed by atoms with E-state index in [2.05, 4.69) is 33.8 Å². The lowest BCUT2D eigenvalue weighted by atomic mass is 9.95. The first-order chi connectivity index (χ1) is 7.56. The van der Waals surface area contributed by atoms with Crippen molar-refractivity contribution >= 4 is 6.08 Å². The van der Waals surface area contributed by atoms with Crippen LogP contribution in [-0.2, 0) is 0 Å². The second-order valence-electron chi connectivity index (χ2n) is 4.70. The summed E-state index contributed by atoms with van der Waals surface area (Å²) in [5.74, 6) is 1.35. The maximum absolute atomic E-state index is 10.2. The molecule has 0 saturated carbocycles. The Balaban J connectivity index is 3.04. The number of aromatic hydroxyl groups is 1. The summed E-state index contributed by atoms with van der Waals surface area (Å²) in [6.45, 7) is 8.55. The molecule has 0 bridgehead atoms. The molecule has 1 heteroatoms. The van der Waals surface area contributed by atoms with Crippen LogP contribution in [0.5, 0.6) is 5.75 Å². The second kappa shape index (κ2) is 5.74. The van der Waals surface area contributed by atoms with Crippen molar-refractivity contribution in [2.24, 2.45) is 5.92 Å². The lowest BCUT2D eigenvalue weighted by Gasteiger charge is -2.12. The van der Waals surface area contributed by atoms with Crippen LogP contribution in [0.3, 0.4) is 0 Å². The lowest BCUT2D eigenvalue weighted by Crippen LogP contribution is -1.93. The van der Waals surface area contributed by atoms with Crippen LogP contribution in [0.1, 0.15) is 51.2 Å². The van der Waals surface area contributed by atoms with Crippen LogP contribution in [0.4, 0.5) is 0 Å². The molecule has 1 atom stereocenters. The van der Waals surface area contributed by atoms with Crippen molar-refractivity contribution < 1.29 is 5.11 Å². The van der Waals surface area contributed by atoms with E-state index < -0.39 is 0 Å². The molecule has 0 spiro atoms. The van der Waals surface area contributed by atoms with Gasteiger partial charge in [-0.3, -0.25) is 0 Å². The molecule has 0 fully saturated rings. The summed E-state index contributed by atoms with van der Waals surface area (Å²) in [5.41, 5.74) is 1.97. The average molecular weight is 218 g/mol. The van der Waals surface area contributed by atoms with E-state index >= 15 is 0 Å². The third kappa shape index (κ3) is 3.13. The zero-order chi connectivity index (χ0) is 12.1. The van der Waals surface area contributed by atoms with Crippen molar-refractivity contribution in [3.8, 4) is 5.75 Å². The van der Waals surface area contributed by atoms with Crippen molar-refractivity contribution in [1.29, 1.82) is 0 Å². The molecule has 88 valence electrons. The van der Waals surface area contributed by atoms with Gasteiger partial charge in [0.2, 0.25) is 0 Å². The van der Waals surface area contributed by atoms with Crippen LogP contribution in [0, 0.1) is 5.92 Å². The van der Waals surface area contributed by atoms with Gasteiger partial charge in [0.25, 0.3) is 0 Å². The zero-order valence-electron chi connectivity index (χ0n) is 10.7. The van der Waals surface area contributed by atoms with Gasteiger partial charge < -0.3 is 5.11 Å². The van der Waals surface area contributed by atoms with Gasteiger partial charge in [0.1, 0.15) is 5.75 Å². The highest BCUT2D eigenvalue weighted by atomic mass is 16.3. The largest absolute Gasteiger partial charge is 0.507 e. The van der Waals surface area contributed by atoms with Gasteiger partial charge in [-0.05, 0) is 23.8 Å². The maximum atomic E-state index is 10.2. The summed E-state index contributed by atoms with van der Waals surface area (Å²) in [5, 5.41) is 10.2. The minimum Gasteiger partial charge on any atom is -0.507 e. The molecule has 16 heavy (non-hydrogen) atoms. The van der Waals surface area contributed by atoms with Crippen LogP contribution in [0.15, 0.2) is 24.3 Å². The van der Waals surface area contributed by atoms with E-state index in [9.17, 15) is 5.11 Å². The van der Waals surface area contributed by atoms with E-state index in [4.69, 9.17) is 0 Å². The second-order valence-corrected chi connectivity index (χ2v) is 4.70. The highest BCUT2D eigenvalue weighted by Crippen LogP contribution is 2.31. The molecule has 0 heterocycles. The molecular weight excluding hydrogens is 196 g/mol. The predicted molar refractivity (Wildman–Crippen MR) is 70.7 cm³/mol. The standard InChI is InChI=1S/C15H22O/c1-5-12(4)14-8-6-7-13(15(14)16)10-9-11(2)3/h6-12,16H,5H2,1-4H3. The Hall–Kier alpha value is -1.24. The number of hydrogen-bond acceptors (Lipinski definition) is 1. The van der Waals surface area contributed by atoms with Crippen LogP contribution in [0.2, 0.25) is 0 Å². The number of allylic oxidation sites excluding steroid dienone is 1. The Labute approximate surface area is 98.8 Å². The van der Waals surface area contributed by atoms with E-state index in [1.54, 1.807) is 0 Å². The highest BCUT2D eigenvalue weighted by Gasteiger charge is 2.10. The first kappa shape index (κ1) is 12.8. The van der Waals surface area contributed by atoms with E-state index in [1.165, 1.54) is 0 Å². The number of phenols is 1. The Kier molecular flexibility index (Phi) is 4.60. The molecule has 0 amide bonds. The van der Waals surface area contributed by atoms with Crippen LogP contribution >= 0.6 is 0 Å². The molecular formula is C15H22O. The summed E-state index contributed by atoms with van der Waals surface area (Å²) >= 11 is 0. The molecule has 0 aromatic heterocycles. The number of rotatable bonds is 4. The van der Waals surface area contributed by atoms with E-state index in [0.29, 0.717) is 17.6 Å². The Morgan fingerprint density at radius 2 is 1.94 bits per heavy atom. The third-order valence-electron chi connectivity index (χ3n) is 2.90. The number of hydrogen-bond donors (Lipinski definition) is 1. The topological polar surface area (TPSA) is 20.2 Å². The normalized spacial score (nSPS) is 13.6. The van der Waals surface area contributed by atoms with Gasteiger partial charge in [-0.2, -0.15) is 0 Å². The Morgan fingerprint density at radius 1 is 1.25 bits per heavy atom. The van der Waals surface area contributed by atoms with E-state index in [0.717, 1.165) is 17.5 Å². The fourth-order valence-corrected chi connectivity index (χ4v) is 1.63. The minimum atomic E-state index is 0.410. The fourth-order valence-electron chi connectivity index (χ4n) is 1.63. The smallest absolute Gasteiger partial charge is 0.126 e. The molecule has 0 radical (unpaired) electrons. The van der Waals surface area contributed by atoms with Crippen molar-refractivity contribution in [1.82, 2.24) is 0 Å². The van der Waals surface area contributed by atoms with Crippen molar-refractivity contribution in [2.45, 2.75) is 40.0 Å². The Bertz CT molecular complexity index is 364. The molecule has 0 aliphatic heterocycles. The zero-order valence-corrected chi connectivity index (χ0v) is 10.7. The van der Waals surface area contributed by atoms with Gasteiger partial charge >= 0.3 is 0 Å². The molecule has 0 saturated heterocycles. The van der Waals surface area contributed by atoms with Crippen LogP contribution in [0.25, 0.3) is 6.08 Å². The van der Waals surface area contributed by atoms with Gasteiger partial charge in [0.05, 0.1) is 0 Å². The monoisotopic (exact) mass is 218 g/mol. The summed E-state index contributed by atoms with van der Waals surface area (Å²) in [6.07, 6.45) is 5.16. The van der Waals surface area contributed by atoms with Gasteiger partial charge in [-0.25, -0.2) is 0 Å². The fraction of sp³-hybridized carbons (Fsp3) is 0.467. The van der Waals surface area contributed by atoms with Crippen LogP contribution < -0.4 is 0 Å². The molecule has 1 rings (SSSR count). The highest BCUT2D eigenvalue weighted by molar-refractivity contribution is 5.60. The van der Waals surface area contributed by atoms with Gasteiger partial charge in [0.15, 0.2) is 0 Å². The number of para-hydroxylation sites is 1. The number of benzene rings is 1. The van der Waals surface area contributed by atoms with Crippen LogP contribution in [-0.4, -0.2) is 5.11 Å². The Morgan fingerprint density at radius 3 is 2.50 bits per heavy atom. The van der Waals surface area contributed by atoms with Gasteiger partial charge in [-0.1, -0.05) is 58.0 Å². The lowest BCUT2D eigenvalue weighted by molar-refractivity contribution is 0.460. The summed E-state index contributed by atoms with van der Waals surface area (Å²) in [7, 11) is 0. The maximum Gasteiger partial charge on any atom is 0.126 e. The van der Waals surface area contributed by atoms with Crippen molar-refractivity contribution in [3.05, 3.63) is 35.4 Å². The molecule has 1 N–H and O–H groups in total. The molecule has 1 aromatic rings. The van der Waals surface area contributed by atoms with E-state index in [-0.39, 0.29) is 0 Å². The van der Waals surface area contributed by atoms with Gasteiger partial charge in [0, 0.05) is 5.56 Å². The molecule has 0 aliphatic rings. The average Bonchev–Trinajstić information content (AvgIpc) is 2.26. The predicted octanol–water partition coefficient (Wildman–Crippen LogP) is 4.57. The van der Waals surface area contributed by atoms with Crippen molar-refractivity contribution in [3.63, 3.8) is 0 Å². The van der Waals surface area contributed by atoms with Crippen molar-refractivity contribution in [2.75, 3.05) is 0 Å². The third-order valence-corrected chi connectivity index (χ3v) is 2.90. The first-order valence-corrected chi connectivity index (χ1v) is 6.06. The summed E-state index contributed by atoms with van der Waals surface area (Å²) in [6, 6.07) is 5.98. The molecule has 1 nitrogen and oxygen atoms in total. The number of phenolic OH excluding ortho intramolecular Hbond substituents is 1. The SMILES string of the molecule is CCC(C)c1cccc(C=CC(C)C)c1O. The first-order valence-electron chi connectivity index (χ1n) is 6.06. The molecule has 1 unspecified atom stereocenters. The summed E-state index contributed by atoms with van der Waals surface area (Å²) in [4.78, 5) is 0.